The predicted molar refractivity (Wildman–Crippen MR) is 93.8 cm³/mol. The Labute approximate surface area is 138 Å². The largest absolute Gasteiger partial charge is 0.381 e. The van der Waals surface area contributed by atoms with Gasteiger partial charge in [0.2, 0.25) is 5.91 Å². The van der Waals surface area contributed by atoms with Crippen LogP contribution in [0, 0.1) is 5.92 Å². The lowest BCUT2D eigenvalue weighted by Gasteiger charge is -2.33. The van der Waals surface area contributed by atoms with E-state index in [1.165, 1.54) is 5.69 Å². The van der Waals surface area contributed by atoms with Crippen molar-refractivity contribution in [3.05, 3.63) is 36.4 Å². The van der Waals surface area contributed by atoms with Gasteiger partial charge in [0, 0.05) is 37.5 Å². The first-order chi connectivity index (χ1) is 11.3. The van der Waals surface area contributed by atoms with E-state index in [2.05, 4.69) is 34.5 Å². The maximum absolute atomic E-state index is 12.3. The molecular formula is C19H26N2O2. The van der Waals surface area contributed by atoms with E-state index in [4.69, 9.17) is 4.74 Å². The SMILES string of the molecule is COC1CCN(c2ccc(NC(=O)C3CC=CCC3)cc2)CC1. The number of hydrogen-bond acceptors (Lipinski definition) is 3. The average Bonchev–Trinajstić information content (AvgIpc) is 2.63. The normalized spacial score (nSPS) is 22.1. The smallest absolute Gasteiger partial charge is 0.227 e. The van der Waals surface area contributed by atoms with Crippen LogP contribution in [0.5, 0.6) is 0 Å². The zero-order valence-electron chi connectivity index (χ0n) is 13.8. The molecule has 0 spiro atoms. The van der Waals surface area contributed by atoms with Crippen LogP contribution >= 0.6 is 0 Å². The molecule has 1 aromatic rings. The van der Waals surface area contributed by atoms with E-state index >= 15 is 0 Å². The number of ether oxygens (including phenoxy) is 1. The highest BCUT2D eigenvalue weighted by Crippen LogP contribution is 2.24. The summed E-state index contributed by atoms with van der Waals surface area (Å²) in [5.74, 6) is 0.260. The lowest BCUT2D eigenvalue weighted by molar-refractivity contribution is -0.120. The second-order valence-corrected chi connectivity index (χ2v) is 6.44. The first kappa shape index (κ1) is 16.1. The number of anilines is 2. The first-order valence-electron chi connectivity index (χ1n) is 8.60. The Hall–Kier alpha value is -1.81. The summed E-state index contributed by atoms with van der Waals surface area (Å²) in [5, 5.41) is 3.05. The van der Waals surface area contributed by atoms with Crippen molar-refractivity contribution < 1.29 is 9.53 Å². The molecular weight excluding hydrogens is 288 g/mol. The zero-order chi connectivity index (χ0) is 16.1. The van der Waals surface area contributed by atoms with Crippen LogP contribution in [0.2, 0.25) is 0 Å². The molecule has 0 radical (unpaired) electrons. The van der Waals surface area contributed by atoms with Gasteiger partial charge in [-0.1, -0.05) is 12.2 Å². The maximum Gasteiger partial charge on any atom is 0.227 e. The van der Waals surface area contributed by atoms with Gasteiger partial charge in [0.1, 0.15) is 0 Å². The summed E-state index contributed by atoms with van der Waals surface area (Å²) in [7, 11) is 1.79. The van der Waals surface area contributed by atoms with Gasteiger partial charge in [-0.3, -0.25) is 4.79 Å². The minimum Gasteiger partial charge on any atom is -0.381 e. The molecule has 1 saturated heterocycles. The van der Waals surface area contributed by atoms with Crippen molar-refractivity contribution in [3.63, 3.8) is 0 Å². The van der Waals surface area contributed by atoms with Crippen LogP contribution < -0.4 is 10.2 Å². The number of carbonyl (C=O) groups is 1. The van der Waals surface area contributed by atoms with Crippen molar-refractivity contribution >= 4 is 17.3 Å². The van der Waals surface area contributed by atoms with Gasteiger partial charge in [-0.25, -0.2) is 0 Å². The number of methoxy groups -OCH3 is 1. The van der Waals surface area contributed by atoms with Crippen LogP contribution in [0.4, 0.5) is 11.4 Å². The first-order valence-corrected chi connectivity index (χ1v) is 8.60. The Morgan fingerprint density at radius 3 is 2.48 bits per heavy atom. The molecule has 23 heavy (non-hydrogen) atoms. The van der Waals surface area contributed by atoms with Crippen molar-refractivity contribution in [2.24, 2.45) is 5.92 Å². The van der Waals surface area contributed by atoms with Crippen LogP contribution in [0.15, 0.2) is 36.4 Å². The molecule has 1 heterocycles. The number of rotatable bonds is 4. The minimum absolute atomic E-state index is 0.118. The molecule has 3 rings (SSSR count). The summed E-state index contributed by atoms with van der Waals surface area (Å²) in [6.07, 6.45) is 9.64. The van der Waals surface area contributed by atoms with Gasteiger partial charge in [0.05, 0.1) is 6.10 Å². The van der Waals surface area contributed by atoms with Crippen molar-refractivity contribution in [1.82, 2.24) is 0 Å². The fourth-order valence-corrected chi connectivity index (χ4v) is 3.38. The summed E-state index contributed by atoms with van der Waals surface area (Å²) in [6.45, 7) is 2.05. The van der Waals surface area contributed by atoms with E-state index in [0.717, 1.165) is 50.9 Å². The fraction of sp³-hybridized carbons (Fsp3) is 0.526. The molecule has 0 bridgehead atoms. The Balaban J connectivity index is 1.55. The van der Waals surface area contributed by atoms with Crippen LogP contribution in [-0.2, 0) is 9.53 Å². The highest BCUT2D eigenvalue weighted by atomic mass is 16.5. The number of allylic oxidation sites excluding steroid dienone is 2. The molecule has 0 aromatic heterocycles. The van der Waals surface area contributed by atoms with Gasteiger partial charge in [0.25, 0.3) is 0 Å². The number of nitrogens with zero attached hydrogens (tertiary/aromatic N) is 1. The summed E-state index contributed by atoms with van der Waals surface area (Å²) in [6, 6.07) is 8.22. The number of hydrogen-bond donors (Lipinski definition) is 1. The van der Waals surface area contributed by atoms with E-state index in [-0.39, 0.29) is 11.8 Å². The van der Waals surface area contributed by atoms with Crippen LogP contribution in [-0.4, -0.2) is 32.2 Å². The molecule has 124 valence electrons. The predicted octanol–water partition coefficient (Wildman–Crippen LogP) is 3.60. The summed E-state index contributed by atoms with van der Waals surface area (Å²) in [4.78, 5) is 14.6. The number of amides is 1. The molecule has 1 fully saturated rings. The minimum atomic E-state index is 0.118. The third kappa shape index (κ3) is 4.14. The van der Waals surface area contributed by atoms with Gasteiger partial charge >= 0.3 is 0 Å². The molecule has 1 unspecified atom stereocenters. The van der Waals surface area contributed by atoms with Crippen LogP contribution in [0.25, 0.3) is 0 Å². The highest BCUT2D eigenvalue weighted by Gasteiger charge is 2.20. The summed E-state index contributed by atoms with van der Waals surface area (Å²) in [5.41, 5.74) is 2.11. The number of nitrogens with one attached hydrogen (secondary N) is 1. The van der Waals surface area contributed by atoms with E-state index in [9.17, 15) is 4.79 Å². The second-order valence-electron chi connectivity index (χ2n) is 6.44. The number of benzene rings is 1. The van der Waals surface area contributed by atoms with Crippen molar-refractivity contribution in [2.75, 3.05) is 30.4 Å². The zero-order valence-corrected chi connectivity index (χ0v) is 13.8. The molecule has 1 amide bonds. The van der Waals surface area contributed by atoms with E-state index < -0.39 is 0 Å². The van der Waals surface area contributed by atoms with Gasteiger partial charge in [-0.15, -0.1) is 0 Å². The monoisotopic (exact) mass is 314 g/mol. The van der Waals surface area contributed by atoms with Gasteiger partial charge < -0.3 is 15.0 Å². The van der Waals surface area contributed by atoms with E-state index in [1.807, 2.05) is 12.1 Å². The molecule has 1 aromatic carbocycles. The third-order valence-electron chi connectivity index (χ3n) is 4.92. The molecule has 1 aliphatic carbocycles. The third-order valence-corrected chi connectivity index (χ3v) is 4.92. The van der Waals surface area contributed by atoms with Crippen molar-refractivity contribution in [2.45, 2.75) is 38.2 Å². The molecule has 2 aliphatic rings. The van der Waals surface area contributed by atoms with Gasteiger partial charge in [-0.05, 0) is 56.4 Å². The highest BCUT2D eigenvalue weighted by molar-refractivity contribution is 5.92. The molecule has 4 heteroatoms. The molecule has 4 nitrogen and oxygen atoms in total. The standard InChI is InChI=1S/C19H26N2O2/c1-23-18-11-13-21(14-12-18)17-9-7-16(8-10-17)20-19(22)15-5-3-2-4-6-15/h2-3,7-10,15,18H,4-6,11-14H2,1H3,(H,20,22). The summed E-state index contributed by atoms with van der Waals surface area (Å²) >= 11 is 0. The molecule has 1 atom stereocenters. The summed E-state index contributed by atoms with van der Waals surface area (Å²) < 4.78 is 5.42. The van der Waals surface area contributed by atoms with E-state index in [0.29, 0.717) is 6.10 Å². The van der Waals surface area contributed by atoms with Crippen LogP contribution in [0.1, 0.15) is 32.1 Å². The van der Waals surface area contributed by atoms with Crippen molar-refractivity contribution in [3.8, 4) is 0 Å². The van der Waals surface area contributed by atoms with E-state index in [1.54, 1.807) is 7.11 Å². The molecule has 1 aliphatic heterocycles. The Morgan fingerprint density at radius 2 is 1.87 bits per heavy atom. The number of carbonyl (C=O) groups excluding carboxylic acids is 1. The van der Waals surface area contributed by atoms with Gasteiger partial charge in [0.15, 0.2) is 0 Å². The quantitative estimate of drug-likeness (QED) is 0.864. The topological polar surface area (TPSA) is 41.6 Å². The van der Waals surface area contributed by atoms with Gasteiger partial charge in [-0.2, -0.15) is 0 Å². The number of piperidine rings is 1. The Bertz CT molecular complexity index is 545. The lowest BCUT2D eigenvalue weighted by atomic mass is 9.93. The lowest BCUT2D eigenvalue weighted by Crippen LogP contribution is -2.36. The average molecular weight is 314 g/mol. The Morgan fingerprint density at radius 1 is 1.13 bits per heavy atom. The van der Waals surface area contributed by atoms with Crippen LogP contribution in [0.3, 0.4) is 0 Å². The second kappa shape index (κ2) is 7.64. The fourth-order valence-electron chi connectivity index (χ4n) is 3.38. The van der Waals surface area contributed by atoms with Crippen molar-refractivity contribution in [1.29, 1.82) is 0 Å². The maximum atomic E-state index is 12.3. The molecule has 0 saturated carbocycles. The molecule has 1 N–H and O–H groups in total. The Kier molecular flexibility index (Phi) is 5.34.